The number of fused-ring (bicyclic) bond motifs is 1. The molecule has 0 aromatic heterocycles. The Kier molecular flexibility index (Phi) is 7.57. The zero-order chi connectivity index (χ0) is 18.9. The van der Waals surface area contributed by atoms with E-state index in [-0.39, 0.29) is 19.3 Å². The molecular weight excluding hydrogens is 328 g/mol. The Labute approximate surface area is 154 Å². The third-order valence-electron chi connectivity index (χ3n) is 4.23. The Hall–Kier alpha value is -2.43. The maximum atomic E-state index is 12.2. The standard InChI is InChI=1S/C22H26O4/c1-4-8-21(16(3)5-2)25-14-20(23)15-26-22(24)19-12-11-17-9-6-7-10-18(17)13-19/h4-7,9-13,20-21,23H,1,8,14-15H2,2-3H3/b16-5-. The fraction of sp³-hybridized carbons (Fsp3) is 0.318. The molecule has 2 rings (SSSR count). The van der Waals surface area contributed by atoms with Crippen molar-refractivity contribution in [1.29, 1.82) is 0 Å². The number of hydrogen-bond acceptors (Lipinski definition) is 4. The number of esters is 1. The van der Waals surface area contributed by atoms with Crippen LogP contribution >= 0.6 is 0 Å². The number of benzene rings is 2. The van der Waals surface area contributed by atoms with Crippen molar-refractivity contribution in [1.82, 2.24) is 0 Å². The quantitative estimate of drug-likeness (QED) is 0.539. The Balaban J connectivity index is 1.86. The molecule has 2 aromatic carbocycles. The average molecular weight is 354 g/mol. The molecule has 0 spiro atoms. The molecule has 138 valence electrons. The van der Waals surface area contributed by atoms with Gasteiger partial charge in [0.25, 0.3) is 0 Å². The van der Waals surface area contributed by atoms with Crippen LogP contribution < -0.4 is 0 Å². The summed E-state index contributed by atoms with van der Waals surface area (Å²) < 4.78 is 10.9. The molecule has 0 saturated heterocycles. The van der Waals surface area contributed by atoms with Crippen LogP contribution in [-0.4, -0.2) is 36.5 Å². The van der Waals surface area contributed by atoms with Crippen LogP contribution in [0, 0.1) is 0 Å². The van der Waals surface area contributed by atoms with Gasteiger partial charge in [0.15, 0.2) is 0 Å². The number of carbonyl (C=O) groups excluding carboxylic acids is 1. The van der Waals surface area contributed by atoms with Crippen molar-refractivity contribution in [2.24, 2.45) is 0 Å². The normalized spacial score (nSPS) is 14.0. The molecular formula is C22H26O4. The number of rotatable bonds is 9. The number of allylic oxidation sites excluding steroid dienone is 1. The summed E-state index contributed by atoms with van der Waals surface area (Å²) in [6, 6.07) is 13.2. The molecule has 26 heavy (non-hydrogen) atoms. The summed E-state index contributed by atoms with van der Waals surface area (Å²) in [5.74, 6) is -0.456. The van der Waals surface area contributed by atoms with Gasteiger partial charge in [-0.2, -0.15) is 0 Å². The van der Waals surface area contributed by atoms with Crippen molar-refractivity contribution in [3.05, 3.63) is 72.3 Å². The molecule has 0 aliphatic rings. The van der Waals surface area contributed by atoms with Gasteiger partial charge in [-0.3, -0.25) is 0 Å². The van der Waals surface area contributed by atoms with Crippen molar-refractivity contribution < 1.29 is 19.4 Å². The van der Waals surface area contributed by atoms with E-state index in [0.717, 1.165) is 16.3 Å². The molecule has 0 fully saturated rings. The molecule has 0 aliphatic carbocycles. The first-order valence-corrected chi connectivity index (χ1v) is 8.74. The average Bonchev–Trinajstić information content (AvgIpc) is 2.68. The molecule has 0 bridgehead atoms. The third-order valence-corrected chi connectivity index (χ3v) is 4.23. The van der Waals surface area contributed by atoms with Gasteiger partial charge < -0.3 is 14.6 Å². The molecule has 2 aromatic rings. The van der Waals surface area contributed by atoms with Crippen LogP contribution in [0.4, 0.5) is 0 Å². The van der Waals surface area contributed by atoms with Gasteiger partial charge in [-0.1, -0.05) is 42.5 Å². The molecule has 0 heterocycles. The summed E-state index contributed by atoms with van der Waals surface area (Å²) in [4.78, 5) is 12.2. The van der Waals surface area contributed by atoms with Crippen LogP contribution in [-0.2, 0) is 9.47 Å². The van der Waals surface area contributed by atoms with Crippen molar-refractivity contribution in [2.45, 2.75) is 32.5 Å². The molecule has 2 unspecified atom stereocenters. The van der Waals surface area contributed by atoms with Gasteiger partial charge >= 0.3 is 5.97 Å². The van der Waals surface area contributed by atoms with E-state index in [1.807, 2.05) is 50.3 Å². The first-order valence-electron chi connectivity index (χ1n) is 8.74. The van der Waals surface area contributed by atoms with E-state index < -0.39 is 12.1 Å². The lowest BCUT2D eigenvalue weighted by Crippen LogP contribution is -2.27. The molecule has 4 nitrogen and oxygen atoms in total. The van der Waals surface area contributed by atoms with Crippen LogP contribution in [0.25, 0.3) is 10.8 Å². The topological polar surface area (TPSA) is 55.8 Å². The highest BCUT2D eigenvalue weighted by Gasteiger charge is 2.15. The largest absolute Gasteiger partial charge is 0.459 e. The number of ether oxygens (including phenoxy) is 2. The van der Waals surface area contributed by atoms with Gasteiger partial charge in [0.05, 0.1) is 18.3 Å². The minimum Gasteiger partial charge on any atom is -0.459 e. The number of aliphatic hydroxyl groups excluding tert-OH is 1. The monoisotopic (exact) mass is 354 g/mol. The maximum Gasteiger partial charge on any atom is 0.338 e. The highest BCUT2D eigenvalue weighted by Crippen LogP contribution is 2.16. The SMILES string of the molecule is C=CCC(OCC(O)COC(=O)c1ccc2ccccc2c1)/C(C)=C\C. The fourth-order valence-corrected chi connectivity index (χ4v) is 2.57. The molecule has 0 radical (unpaired) electrons. The second-order valence-corrected chi connectivity index (χ2v) is 6.19. The second kappa shape index (κ2) is 9.90. The maximum absolute atomic E-state index is 12.2. The Morgan fingerprint density at radius 1 is 1.19 bits per heavy atom. The zero-order valence-electron chi connectivity index (χ0n) is 15.4. The summed E-state index contributed by atoms with van der Waals surface area (Å²) in [5.41, 5.74) is 1.54. The molecule has 0 amide bonds. The minimum absolute atomic E-state index is 0.0920. The summed E-state index contributed by atoms with van der Waals surface area (Å²) >= 11 is 0. The highest BCUT2D eigenvalue weighted by atomic mass is 16.5. The lowest BCUT2D eigenvalue weighted by molar-refractivity contribution is -0.0264. The molecule has 1 N–H and O–H groups in total. The minimum atomic E-state index is -0.878. The van der Waals surface area contributed by atoms with E-state index in [1.165, 1.54) is 0 Å². The van der Waals surface area contributed by atoms with E-state index in [0.29, 0.717) is 12.0 Å². The Morgan fingerprint density at radius 2 is 1.92 bits per heavy atom. The zero-order valence-corrected chi connectivity index (χ0v) is 15.4. The first-order chi connectivity index (χ1) is 12.5. The molecule has 0 saturated carbocycles. The fourth-order valence-electron chi connectivity index (χ4n) is 2.57. The van der Waals surface area contributed by atoms with E-state index >= 15 is 0 Å². The predicted molar refractivity (Wildman–Crippen MR) is 104 cm³/mol. The van der Waals surface area contributed by atoms with Crippen molar-refractivity contribution in [3.63, 3.8) is 0 Å². The summed E-state index contributed by atoms with van der Waals surface area (Å²) in [5, 5.41) is 12.1. The van der Waals surface area contributed by atoms with Gasteiger partial charge in [0, 0.05) is 0 Å². The van der Waals surface area contributed by atoms with Gasteiger partial charge in [-0.15, -0.1) is 6.58 Å². The lowest BCUT2D eigenvalue weighted by Gasteiger charge is -2.19. The van der Waals surface area contributed by atoms with E-state index in [9.17, 15) is 9.90 Å². The smallest absolute Gasteiger partial charge is 0.338 e. The number of aliphatic hydroxyl groups is 1. The van der Waals surface area contributed by atoms with E-state index in [2.05, 4.69) is 6.58 Å². The summed E-state index contributed by atoms with van der Waals surface area (Å²) in [6.45, 7) is 7.62. The first kappa shape index (κ1) is 19.9. The highest BCUT2D eigenvalue weighted by molar-refractivity contribution is 5.95. The summed E-state index contributed by atoms with van der Waals surface area (Å²) in [7, 11) is 0. The van der Waals surface area contributed by atoms with Gasteiger partial charge in [0.1, 0.15) is 12.7 Å². The molecule has 0 aliphatic heterocycles. The Morgan fingerprint density at radius 3 is 2.62 bits per heavy atom. The van der Waals surface area contributed by atoms with Crippen molar-refractivity contribution in [3.8, 4) is 0 Å². The predicted octanol–water partition coefficient (Wildman–Crippen LogP) is 4.29. The lowest BCUT2D eigenvalue weighted by atomic mass is 10.1. The third kappa shape index (κ3) is 5.55. The van der Waals surface area contributed by atoms with Crippen LogP contribution in [0.3, 0.4) is 0 Å². The van der Waals surface area contributed by atoms with Crippen molar-refractivity contribution in [2.75, 3.05) is 13.2 Å². The molecule has 4 heteroatoms. The van der Waals surface area contributed by atoms with Crippen LogP contribution in [0.2, 0.25) is 0 Å². The van der Waals surface area contributed by atoms with Crippen LogP contribution in [0.15, 0.2) is 66.8 Å². The number of hydrogen-bond donors (Lipinski definition) is 1. The molecule has 2 atom stereocenters. The van der Waals surface area contributed by atoms with Crippen LogP contribution in [0.1, 0.15) is 30.6 Å². The van der Waals surface area contributed by atoms with Crippen molar-refractivity contribution >= 4 is 16.7 Å². The van der Waals surface area contributed by atoms with Crippen LogP contribution in [0.5, 0.6) is 0 Å². The second-order valence-electron chi connectivity index (χ2n) is 6.19. The summed E-state index contributed by atoms with van der Waals surface area (Å²) in [6.07, 6.45) is 3.42. The van der Waals surface area contributed by atoms with E-state index in [1.54, 1.807) is 18.2 Å². The van der Waals surface area contributed by atoms with Gasteiger partial charge in [-0.25, -0.2) is 4.79 Å². The van der Waals surface area contributed by atoms with Gasteiger partial charge in [-0.05, 0) is 48.7 Å². The van der Waals surface area contributed by atoms with Gasteiger partial charge in [0.2, 0.25) is 0 Å². The number of carbonyl (C=O) groups is 1. The Bertz CT molecular complexity index is 779. The van der Waals surface area contributed by atoms with E-state index in [4.69, 9.17) is 9.47 Å².